The number of rotatable bonds is 7. The predicted molar refractivity (Wildman–Crippen MR) is 86.4 cm³/mol. The first-order valence-corrected chi connectivity index (χ1v) is 7.51. The molecule has 0 saturated heterocycles. The zero-order chi connectivity index (χ0) is 15.6. The van der Waals surface area contributed by atoms with Gasteiger partial charge in [0.15, 0.2) is 11.5 Å². The summed E-state index contributed by atoms with van der Waals surface area (Å²) in [4.78, 5) is 11.8. The Labute approximate surface area is 131 Å². The zero-order valence-corrected chi connectivity index (χ0v) is 12.7. The van der Waals surface area contributed by atoms with Crippen molar-refractivity contribution in [2.75, 3.05) is 13.2 Å². The third-order valence-corrected chi connectivity index (χ3v) is 3.11. The van der Waals surface area contributed by atoms with Crippen molar-refractivity contribution in [1.29, 1.82) is 0 Å². The van der Waals surface area contributed by atoms with Gasteiger partial charge in [0.05, 0.1) is 6.61 Å². The van der Waals surface area contributed by atoms with Crippen LogP contribution < -0.4 is 14.8 Å². The van der Waals surface area contributed by atoms with Crippen LogP contribution in [0, 0.1) is 0 Å². The summed E-state index contributed by atoms with van der Waals surface area (Å²) in [6, 6.07) is 17.3. The number of hydrogen-bond acceptors (Lipinski definition) is 3. The molecule has 2 rings (SSSR count). The first-order chi connectivity index (χ1) is 10.8. The van der Waals surface area contributed by atoms with Crippen LogP contribution in [0.1, 0.15) is 18.9 Å². The summed E-state index contributed by atoms with van der Waals surface area (Å²) < 4.78 is 10.7. The van der Waals surface area contributed by atoms with E-state index in [4.69, 9.17) is 9.47 Å². The SMILES string of the molecule is CCOc1ccccc1OC(=O)NCCCc1ccccc1. The van der Waals surface area contributed by atoms with E-state index in [2.05, 4.69) is 17.4 Å². The monoisotopic (exact) mass is 299 g/mol. The summed E-state index contributed by atoms with van der Waals surface area (Å²) in [5.41, 5.74) is 1.26. The summed E-state index contributed by atoms with van der Waals surface area (Å²) in [6.07, 6.45) is 1.34. The molecule has 2 aromatic rings. The fourth-order valence-electron chi connectivity index (χ4n) is 2.07. The Hall–Kier alpha value is -2.49. The fourth-order valence-corrected chi connectivity index (χ4v) is 2.07. The lowest BCUT2D eigenvalue weighted by molar-refractivity contribution is 0.197. The fraction of sp³-hybridized carbons (Fsp3) is 0.278. The van der Waals surface area contributed by atoms with Crippen molar-refractivity contribution in [2.24, 2.45) is 0 Å². The molecular formula is C18H21NO3. The van der Waals surface area contributed by atoms with Gasteiger partial charge in [-0.2, -0.15) is 0 Å². The van der Waals surface area contributed by atoms with E-state index in [0.717, 1.165) is 12.8 Å². The minimum Gasteiger partial charge on any atom is -0.490 e. The highest BCUT2D eigenvalue weighted by Gasteiger charge is 2.08. The highest BCUT2D eigenvalue weighted by Crippen LogP contribution is 2.26. The van der Waals surface area contributed by atoms with Crippen LogP contribution >= 0.6 is 0 Å². The van der Waals surface area contributed by atoms with Crippen LogP contribution in [0.15, 0.2) is 54.6 Å². The van der Waals surface area contributed by atoms with Crippen molar-refractivity contribution in [3.63, 3.8) is 0 Å². The predicted octanol–water partition coefficient (Wildman–Crippen LogP) is 3.81. The van der Waals surface area contributed by atoms with Gasteiger partial charge >= 0.3 is 6.09 Å². The Morgan fingerprint density at radius 1 is 1.00 bits per heavy atom. The van der Waals surface area contributed by atoms with Gasteiger partial charge in [-0.3, -0.25) is 0 Å². The molecule has 4 nitrogen and oxygen atoms in total. The first kappa shape index (κ1) is 15.9. The number of carbonyl (C=O) groups is 1. The molecule has 4 heteroatoms. The third-order valence-electron chi connectivity index (χ3n) is 3.11. The standard InChI is InChI=1S/C18H21NO3/c1-2-21-16-12-6-7-13-17(16)22-18(20)19-14-8-11-15-9-4-3-5-10-15/h3-7,9-10,12-13H,2,8,11,14H2,1H3,(H,19,20). The minimum atomic E-state index is -0.458. The molecule has 0 aliphatic carbocycles. The second-order valence-electron chi connectivity index (χ2n) is 4.79. The van der Waals surface area contributed by atoms with E-state index in [1.54, 1.807) is 18.2 Å². The number of ether oxygens (including phenoxy) is 2. The summed E-state index contributed by atoms with van der Waals surface area (Å²) in [7, 11) is 0. The minimum absolute atomic E-state index is 0.435. The van der Waals surface area contributed by atoms with Crippen LogP contribution in [0.3, 0.4) is 0 Å². The lowest BCUT2D eigenvalue weighted by Crippen LogP contribution is -2.28. The van der Waals surface area contributed by atoms with Crippen LogP contribution in [-0.4, -0.2) is 19.2 Å². The number of amides is 1. The summed E-state index contributed by atoms with van der Waals surface area (Å²) in [5, 5.41) is 2.75. The second-order valence-corrected chi connectivity index (χ2v) is 4.79. The Kier molecular flexibility index (Phi) is 6.30. The number of nitrogens with one attached hydrogen (secondary N) is 1. The van der Waals surface area contributed by atoms with Crippen LogP contribution in [0.4, 0.5) is 4.79 Å². The molecule has 1 N–H and O–H groups in total. The Bertz CT molecular complexity index is 584. The van der Waals surface area contributed by atoms with Gasteiger partial charge in [-0.15, -0.1) is 0 Å². The van der Waals surface area contributed by atoms with Gasteiger partial charge in [-0.25, -0.2) is 4.79 Å². The Morgan fingerprint density at radius 3 is 2.41 bits per heavy atom. The van der Waals surface area contributed by atoms with Crippen LogP contribution in [0.25, 0.3) is 0 Å². The second kappa shape index (κ2) is 8.72. The molecule has 0 heterocycles. The average molecular weight is 299 g/mol. The summed E-state index contributed by atoms with van der Waals surface area (Å²) >= 11 is 0. The molecule has 0 fully saturated rings. The quantitative estimate of drug-likeness (QED) is 0.791. The van der Waals surface area contributed by atoms with E-state index in [1.807, 2.05) is 31.2 Å². The van der Waals surface area contributed by atoms with Crippen LogP contribution in [0.5, 0.6) is 11.5 Å². The number of para-hydroxylation sites is 2. The molecule has 116 valence electrons. The lowest BCUT2D eigenvalue weighted by atomic mass is 10.1. The molecular weight excluding hydrogens is 278 g/mol. The molecule has 0 bridgehead atoms. The van der Waals surface area contributed by atoms with Gasteiger partial charge in [0, 0.05) is 6.54 Å². The van der Waals surface area contributed by atoms with Crippen molar-refractivity contribution in [3.05, 3.63) is 60.2 Å². The number of benzene rings is 2. The zero-order valence-electron chi connectivity index (χ0n) is 12.7. The van der Waals surface area contributed by atoms with E-state index in [-0.39, 0.29) is 0 Å². The average Bonchev–Trinajstić information content (AvgIpc) is 2.55. The van der Waals surface area contributed by atoms with Gasteiger partial charge < -0.3 is 14.8 Å². The van der Waals surface area contributed by atoms with E-state index in [0.29, 0.717) is 24.7 Å². The molecule has 0 radical (unpaired) electrons. The van der Waals surface area contributed by atoms with Gasteiger partial charge in [0.2, 0.25) is 0 Å². The molecule has 2 aromatic carbocycles. The van der Waals surface area contributed by atoms with Crippen LogP contribution in [0.2, 0.25) is 0 Å². The van der Waals surface area contributed by atoms with E-state index in [1.165, 1.54) is 5.56 Å². The third kappa shape index (κ3) is 5.13. The summed E-state index contributed by atoms with van der Waals surface area (Å²) in [6.45, 7) is 2.99. The highest BCUT2D eigenvalue weighted by molar-refractivity contribution is 5.71. The highest BCUT2D eigenvalue weighted by atomic mass is 16.6. The maximum Gasteiger partial charge on any atom is 0.412 e. The van der Waals surface area contributed by atoms with Crippen LogP contribution in [-0.2, 0) is 6.42 Å². The Morgan fingerprint density at radius 2 is 1.68 bits per heavy atom. The van der Waals surface area contributed by atoms with E-state index >= 15 is 0 Å². The van der Waals surface area contributed by atoms with Crippen molar-refractivity contribution >= 4 is 6.09 Å². The van der Waals surface area contributed by atoms with E-state index in [9.17, 15) is 4.79 Å². The first-order valence-electron chi connectivity index (χ1n) is 7.51. The molecule has 0 aliphatic heterocycles. The topological polar surface area (TPSA) is 47.6 Å². The van der Waals surface area contributed by atoms with Gasteiger partial charge in [-0.05, 0) is 37.5 Å². The van der Waals surface area contributed by atoms with Crippen molar-refractivity contribution < 1.29 is 14.3 Å². The molecule has 0 aliphatic rings. The summed E-state index contributed by atoms with van der Waals surface area (Å²) in [5.74, 6) is 1.01. The smallest absolute Gasteiger partial charge is 0.412 e. The van der Waals surface area contributed by atoms with Crippen molar-refractivity contribution in [3.8, 4) is 11.5 Å². The normalized spacial score (nSPS) is 10.0. The maximum atomic E-state index is 11.8. The number of hydrogen-bond donors (Lipinski definition) is 1. The molecule has 22 heavy (non-hydrogen) atoms. The van der Waals surface area contributed by atoms with Gasteiger partial charge in [0.1, 0.15) is 0 Å². The van der Waals surface area contributed by atoms with Crippen molar-refractivity contribution in [2.45, 2.75) is 19.8 Å². The molecule has 0 atom stereocenters. The Balaban J connectivity index is 1.74. The number of aryl methyl sites for hydroxylation is 1. The number of carbonyl (C=O) groups excluding carboxylic acids is 1. The largest absolute Gasteiger partial charge is 0.490 e. The van der Waals surface area contributed by atoms with E-state index < -0.39 is 6.09 Å². The van der Waals surface area contributed by atoms with Gasteiger partial charge in [0.25, 0.3) is 0 Å². The molecule has 0 aromatic heterocycles. The lowest BCUT2D eigenvalue weighted by Gasteiger charge is -2.10. The molecule has 0 unspecified atom stereocenters. The molecule has 0 saturated carbocycles. The maximum absolute atomic E-state index is 11.8. The van der Waals surface area contributed by atoms with Gasteiger partial charge in [-0.1, -0.05) is 42.5 Å². The molecule has 1 amide bonds. The van der Waals surface area contributed by atoms with Crippen molar-refractivity contribution in [1.82, 2.24) is 5.32 Å². The molecule has 0 spiro atoms.